The van der Waals surface area contributed by atoms with Crippen LogP contribution < -0.4 is 0 Å². The minimum Gasteiger partial charge on any atom is -0.0848 e. The largest absolute Gasteiger partial charge is 0.0848 e. The second-order valence-corrected chi connectivity index (χ2v) is 3.67. The van der Waals surface area contributed by atoms with Crippen LogP contribution in [0.5, 0.6) is 0 Å². The lowest BCUT2D eigenvalue weighted by atomic mass is 9.86. The lowest BCUT2D eigenvalue weighted by Crippen LogP contribution is -2.12. The van der Waals surface area contributed by atoms with Gasteiger partial charge in [0.1, 0.15) is 0 Å². The van der Waals surface area contributed by atoms with Crippen molar-refractivity contribution in [2.24, 2.45) is 23.7 Å². The summed E-state index contributed by atoms with van der Waals surface area (Å²) >= 11 is 0. The Morgan fingerprint density at radius 3 is 1.67 bits per heavy atom. The Morgan fingerprint density at radius 2 is 1.44 bits per heavy atom. The molecule has 50 valence electrons. The average Bonchev–Trinajstić information content (AvgIpc) is 2.37. The van der Waals surface area contributed by atoms with Crippen LogP contribution in [0.15, 0.2) is 12.2 Å². The van der Waals surface area contributed by atoms with Crippen LogP contribution in [-0.2, 0) is 0 Å². The molecule has 0 amide bonds. The van der Waals surface area contributed by atoms with Crippen LogP contribution in [0.2, 0.25) is 0 Å². The van der Waals surface area contributed by atoms with Crippen LogP contribution in [-0.4, -0.2) is 0 Å². The van der Waals surface area contributed by atoms with E-state index in [2.05, 4.69) is 26.0 Å². The Hall–Kier alpha value is -0.260. The lowest BCUT2D eigenvalue weighted by Gasteiger charge is -2.19. The van der Waals surface area contributed by atoms with E-state index >= 15 is 0 Å². The van der Waals surface area contributed by atoms with Gasteiger partial charge >= 0.3 is 0 Å². The van der Waals surface area contributed by atoms with Gasteiger partial charge in [-0.2, -0.15) is 0 Å². The fraction of sp³-hybridized carbons (Fsp3) is 0.778. The first-order chi connectivity index (χ1) is 4.29. The van der Waals surface area contributed by atoms with Gasteiger partial charge in [0.15, 0.2) is 0 Å². The minimum absolute atomic E-state index is 0.935. The summed E-state index contributed by atoms with van der Waals surface area (Å²) < 4.78 is 0. The molecule has 0 saturated heterocycles. The molecule has 2 aliphatic carbocycles. The molecule has 0 unspecified atom stereocenters. The van der Waals surface area contributed by atoms with Crippen molar-refractivity contribution < 1.29 is 0 Å². The monoisotopic (exact) mass is 122 g/mol. The van der Waals surface area contributed by atoms with Crippen molar-refractivity contribution in [3.63, 3.8) is 0 Å². The zero-order valence-electron chi connectivity index (χ0n) is 6.17. The van der Waals surface area contributed by atoms with Crippen LogP contribution in [0.4, 0.5) is 0 Å². The van der Waals surface area contributed by atoms with Crippen molar-refractivity contribution in [1.82, 2.24) is 0 Å². The maximum atomic E-state index is 2.41. The summed E-state index contributed by atoms with van der Waals surface area (Å²) in [5.74, 6) is 3.79. The van der Waals surface area contributed by atoms with Crippen molar-refractivity contribution in [2.75, 3.05) is 0 Å². The Labute approximate surface area is 57.0 Å². The average molecular weight is 122 g/mol. The third-order valence-corrected chi connectivity index (χ3v) is 3.33. The summed E-state index contributed by atoms with van der Waals surface area (Å²) in [4.78, 5) is 0. The van der Waals surface area contributed by atoms with Gasteiger partial charge in [-0.3, -0.25) is 0 Å². The fourth-order valence-corrected chi connectivity index (χ4v) is 2.32. The van der Waals surface area contributed by atoms with Gasteiger partial charge in [-0.05, 0) is 30.1 Å². The quantitative estimate of drug-likeness (QED) is 0.433. The summed E-state index contributed by atoms with van der Waals surface area (Å²) in [6, 6.07) is 0. The second-order valence-electron chi connectivity index (χ2n) is 3.67. The maximum Gasteiger partial charge on any atom is -0.0199 e. The van der Waals surface area contributed by atoms with Crippen LogP contribution in [0.25, 0.3) is 0 Å². The summed E-state index contributed by atoms with van der Waals surface area (Å²) in [7, 11) is 0. The Bertz CT molecular complexity index is 130. The highest BCUT2D eigenvalue weighted by Crippen LogP contribution is 2.47. The van der Waals surface area contributed by atoms with Crippen molar-refractivity contribution in [3.05, 3.63) is 12.2 Å². The van der Waals surface area contributed by atoms with Gasteiger partial charge in [0.05, 0.1) is 0 Å². The molecule has 2 rings (SSSR count). The molecular weight excluding hydrogens is 108 g/mol. The third kappa shape index (κ3) is 0.593. The second kappa shape index (κ2) is 1.62. The third-order valence-electron chi connectivity index (χ3n) is 3.33. The van der Waals surface area contributed by atoms with E-state index in [9.17, 15) is 0 Å². The molecule has 1 fully saturated rings. The van der Waals surface area contributed by atoms with E-state index in [1.54, 1.807) is 0 Å². The van der Waals surface area contributed by atoms with E-state index in [1.165, 1.54) is 6.42 Å². The van der Waals surface area contributed by atoms with Crippen molar-refractivity contribution >= 4 is 0 Å². The molecule has 9 heavy (non-hydrogen) atoms. The van der Waals surface area contributed by atoms with E-state index in [0.29, 0.717) is 0 Å². The zero-order valence-corrected chi connectivity index (χ0v) is 6.17. The van der Waals surface area contributed by atoms with Gasteiger partial charge in [-0.25, -0.2) is 0 Å². The van der Waals surface area contributed by atoms with Crippen LogP contribution in [0, 0.1) is 23.7 Å². The van der Waals surface area contributed by atoms with Gasteiger partial charge in [0, 0.05) is 0 Å². The molecule has 4 atom stereocenters. The molecule has 0 aromatic heterocycles. The van der Waals surface area contributed by atoms with Gasteiger partial charge in [-0.1, -0.05) is 26.0 Å². The molecule has 0 N–H and O–H groups in total. The van der Waals surface area contributed by atoms with Gasteiger partial charge < -0.3 is 0 Å². The van der Waals surface area contributed by atoms with E-state index in [0.717, 1.165) is 23.7 Å². The van der Waals surface area contributed by atoms with E-state index < -0.39 is 0 Å². The summed E-state index contributed by atoms with van der Waals surface area (Å²) in [5, 5.41) is 0. The molecule has 0 radical (unpaired) electrons. The predicted octanol–water partition coefficient (Wildman–Crippen LogP) is 2.46. The number of rotatable bonds is 0. The number of allylic oxidation sites excluding steroid dienone is 2. The standard InChI is InChI=1S/C9H14/c1-6-7(2)9-4-3-8(6)5-9/h3-4,6-9H,5H2,1-2H3/t6-,7+,8+,9-. The first-order valence-electron chi connectivity index (χ1n) is 3.97. The van der Waals surface area contributed by atoms with Gasteiger partial charge in [-0.15, -0.1) is 0 Å². The molecule has 2 bridgehead atoms. The first kappa shape index (κ1) is 5.52. The molecular formula is C9H14. The number of fused-ring (bicyclic) bond motifs is 2. The first-order valence-corrected chi connectivity index (χ1v) is 3.97. The molecule has 0 spiro atoms. The smallest absolute Gasteiger partial charge is 0.0199 e. The Kier molecular flexibility index (Phi) is 0.992. The Morgan fingerprint density at radius 1 is 1.00 bits per heavy atom. The van der Waals surface area contributed by atoms with Crippen molar-refractivity contribution in [3.8, 4) is 0 Å². The zero-order chi connectivity index (χ0) is 6.43. The van der Waals surface area contributed by atoms with Crippen LogP contribution in [0.1, 0.15) is 20.3 Å². The Balaban J connectivity index is 2.26. The number of hydrogen-bond acceptors (Lipinski definition) is 0. The fourth-order valence-electron chi connectivity index (χ4n) is 2.32. The predicted molar refractivity (Wildman–Crippen MR) is 39.1 cm³/mol. The highest BCUT2D eigenvalue weighted by atomic mass is 14.4. The molecule has 0 heteroatoms. The van der Waals surface area contributed by atoms with E-state index in [-0.39, 0.29) is 0 Å². The summed E-state index contributed by atoms with van der Waals surface area (Å²) in [6.45, 7) is 4.78. The lowest BCUT2D eigenvalue weighted by molar-refractivity contribution is 0.364. The maximum absolute atomic E-state index is 2.41. The van der Waals surface area contributed by atoms with Crippen molar-refractivity contribution in [1.29, 1.82) is 0 Å². The highest BCUT2D eigenvalue weighted by molar-refractivity contribution is 5.11. The molecule has 1 saturated carbocycles. The van der Waals surface area contributed by atoms with Gasteiger partial charge in [0.25, 0.3) is 0 Å². The molecule has 0 aliphatic heterocycles. The summed E-state index contributed by atoms with van der Waals surface area (Å²) in [6.07, 6.45) is 6.27. The molecule has 0 aromatic rings. The van der Waals surface area contributed by atoms with Crippen LogP contribution >= 0.6 is 0 Å². The minimum atomic E-state index is 0.935. The molecule has 2 aliphatic rings. The molecule has 0 nitrogen and oxygen atoms in total. The molecule has 0 aromatic carbocycles. The summed E-state index contributed by atoms with van der Waals surface area (Å²) in [5.41, 5.74) is 0. The number of hydrogen-bond donors (Lipinski definition) is 0. The molecule has 0 heterocycles. The normalized spacial score (nSPS) is 54.9. The SMILES string of the molecule is C[C@@H]1[C@H](C)[C@@H]2C=C[C@H]1C2. The highest BCUT2D eigenvalue weighted by Gasteiger charge is 2.38. The van der Waals surface area contributed by atoms with Gasteiger partial charge in [0.2, 0.25) is 0 Å². The van der Waals surface area contributed by atoms with Crippen molar-refractivity contribution in [2.45, 2.75) is 20.3 Å². The van der Waals surface area contributed by atoms with E-state index in [4.69, 9.17) is 0 Å². The van der Waals surface area contributed by atoms with E-state index in [1.807, 2.05) is 0 Å². The topological polar surface area (TPSA) is 0 Å². The van der Waals surface area contributed by atoms with Crippen LogP contribution in [0.3, 0.4) is 0 Å².